The largest absolute Gasteiger partial charge is 0.508 e. The number of thiazole rings is 1. The molecular weight excluding hydrogens is 267 g/mol. The standard InChI is InChI=1S/C13H13FN2O2S/c1-2-9-6-15-12(19-9)7-16-13(18)10-4-3-8(17)5-11(10)14/h3-6,17H,2,7H2,1H3,(H,16,18). The Morgan fingerprint density at radius 1 is 1.53 bits per heavy atom. The lowest BCUT2D eigenvalue weighted by atomic mass is 10.2. The molecule has 0 aliphatic heterocycles. The summed E-state index contributed by atoms with van der Waals surface area (Å²) in [5.74, 6) is -1.47. The molecule has 0 spiro atoms. The number of aromatic nitrogens is 1. The monoisotopic (exact) mass is 280 g/mol. The lowest BCUT2D eigenvalue weighted by Gasteiger charge is -2.04. The zero-order chi connectivity index (χ0) is 13.8. The first-order valence-electron chi connectivity index (χ1n) is 5.80. The highest BCUT2D eigenvalue weighted by atomic mass is 32.1. The van der Waals surface area contributed by atoms with E-state index in [-0.39, 0.29) is 17.9 Å². The van der Waals surface area contributed by atoms with Gasteiger partial charge in [-0.1, -0.05) is 6.92 Å². The number of aromatic hydroxyl groups is 1. The maximum atomic E-state index is 13.5. The minimum absolute atomic E-state index is 0.0925. The van der Waals surface area contributed by atoms with Crippen molar-refractivity contribution in [3.63, 3.8) is 0 Å². The molecule has 1 amide bonds. The second-order valence-electron chi connectivity index (χ2n) is 3.92. The minimum Gasteiger partial charge on any atom is -0.508 e. The molecule has 2 rings (SSSR count). The number of aryl methyl sites for hydroxylation is 1. The Hall–Kier alpha value is -1.95. The van der Waals surface area contributed by atoms with Crippen molar-refractivity contribution in [3.05, 3.63) is 45.7 Å². The summed E-state index contributed by atoms with van der Waals surface area (Å²) in [7, 11) is 0. The molecule has 6 heteroatoms. The summed E-state index contributed by atoms with van der Waals surface area (Å²) in [5.41, 5.74) is -0.0925. The molecule has 0 radical (unpaired) electrons. The third-order valence-corrected chi connectivity index (χ3v) is 3.69. The van der Waals surface area contributed by atoms with E-state index in [1.165, 1.54) is 23.5 Å². The molecule has 0 fully saturated rings. The average Bonchev–Trinajstić information content (AvgIpc) is 2.84. The van der Waals surface area contributed by atoms with Gasteiger partial charge < -0.3 is 10.4 Å². The molecule has 0 saturated heterocycles. The first-order chi connectivity index (χ1) is 9.10. The van der Waals surface area contributed by atoms with Gasteiger partial charge in [0.1, 0.15) is 16.6 Å². The zero-order valence-electron chi connectivity index (χ0n) is 10.3. The molecule has 2 aromatic rings. The van der Waals surface area contributed by atoms with Gasteiger partial charge in [0.25, 0.3) is 5.91 Å². The fourth-order valence-corrected chi connectivity index (χ4v) is 2.33. The molecule has 1 aromatic carbocycles. The molecule has 0 atom stereocenters. The molecule has 0 unspecified atom stereocenters. The molecule has 0 saturated carbocycles. The Morgan fingerprint density at radius 3 is 2.95 bits per heavy atom. The summed E-state index contributed by atoms with van der Waals surface area (Å²) in [4.78, 5) is 17.1. The van der Waals surface area contributed by atoms with E-state index in [4.69, 9.17) is 5.11 Å². The van der Waals surface area contributed by atoms with Gasteiger partial charge in [0.2, 0.25) is 0 Å². The van der Waals surface area contributed by atoms with Gasteiger partial charge in [-0.25, -0.2) is 9.37 Å². The summed E-state index contributed by atoms with van der Waals surface area (Å²) in [6.07, 6.45) is 2.67. The number of carbonyl (C=O) groups is 1. The fourth-order valence-electron chi connectivity index (χ4n) is 1.53. The minimum atomic E-state index is -0.745. The Balaban J connectivity index is 2.01. The van der Waals surface area contributed by atoms with Gasteiger partial charge in [-0.2, -0.15) is 0 Å². The van der Waals surface area contributed by atoms with Crippen molar-refractivity contribution in [2.45, 2.75) is 19.9 Å². The normalized spacial score (nSPS) is 10.4. The van der Waals surface area contributed by atoms with Crippen molar-refractivity contribution in [2.24, 2.45) is 0 Å². The summed E-state index contributed by atoms with van der Waals surface area (Å²) < 4.78 is 13.5. The van der Waals surface area contributed by atoms with E-state index >= 15 is 0 Å². The maximum absolute atomic E-state index is 13.5. The number of halogens is 1. The van der Waals surface area contributed by atoms with Crippen LogP contribution in [0, 0.1) is 5.82 Å². The predicted molar refractivity (Wildman–Crippen MR) is 70.7 cm³/mol. The van der Waals surface area contributed by atoms with E-state index < -0.39 is 11.7 Å². The second kappa shape index (κ2) is 5.79. The second-order valence-corrected chi connectivity index (χ2v) is 5.12. The number of hydrogen-bond donors (Lipinski definition) is 2. The average molecular weight is 280 g/mol. The van der Waals surface area contributed by atoms with Crippen LogP contribution in [0.15, 0.2) is 24.4 Å². The lowest BCUT2D eigenvalue weighted by molar-refractivity contribution is 0.0947. The highest BCUT2D eigenvalue weighted by molar-refractivity contribution is 7.11. The van der Waals surface area contributed by atoms with Crippen LogP contribution in [0.2, 0.25) is 0 Å². The van der Waals surface area contributed by atoms with Crippen molar-refractivity contribution < 1.29 is 14.3 Å². The van der Waals surface area contributed by atoms with Crippen LogP contribution in [0.1, 0.15) is 27.2 Å². The molecule has 0 bridgehead atoms. The van der Waals surface area contributed by atoms with Gasteiger partial charge in [0.15, 0.2) is 0 Å². The molecule has 1 aromatic heterocycles. The number of phenolic OH excluding ortho intramolecular Hbond substituents is 1. The number of nitrogens with zero attached hydrogens (tertiary/aromatic N) is 1. The van der Waals surface area contributed by atoms with Gasteiger partial charge in [0.05, 0.1) is 12.1 Å². The van der Waals surface area contributed by atoms with Gasteiger partial charge in [0, 0.05) is 17.1 Å². The summed E-state index contributed by atoms with van der Waals surface area (Å²) in [6.45, 7) is 2.30. The van der Waals surface area contributed by atoms with Crippen LogP contribution in [0.3, 0.4) is 0 Å². The van der Waals surface area contributed by atoms with E-state index in [0.29, 0.717) is 0 Å². The topological polar surface area (TPSA) is 62.2 Å². The van der Waals surface area contributed by atoms with Crippen LogP contribution in [0.5, 0.6) is 5.75 Å². The van der Waals surface area contributed by atoms with E-state index in [2.05, 4.69) is 10.3 Å². The molecule has 19 heavy (non-hydrogen) atoms. The van der Waals surface area contributed by atoms with Gasteiger partial charge >= 0.3 is 0 Å². The third-order valence-electron chi connectivity index (χ3n) is 2.55. The Labute approximate surface area is 113 Å². The molecular formula is C13H13FN2O2S. The van der Waals surface area contributed by atoms with E-state index in [9.17, 15) is 9.18 Å². The van der Waals surface area contributed by atoms with Gasteiger partial charge in [-0.05, 0) is 18.6 Å². The van der Waals surface area contributed by atoms with E-state index in [0.717, 1.165) is 22.4 Å². The van der Waals surface area contributed by atoms with Crippen molar-refractivity contribution in [1.29, 1.82) is 0 Å². The molecule has 100 valence electrons. The van der Waals surface area contributed by atoms with E-state index in [1.54, 1.807) is 6.20 Å². The van der Waals surface area contributed by atoms with Crippen molar-refractivity contribution in [1.82, 2.24) is 10.3 Å². The quantitative estimate of drug-likeness (QED) is 0.904. The molecule has 1 heterocycles. The zero-order valence-corrected chi connectivity index (χ0v) is 11.1. The Kier molecular flexibility index (Phi) is 4.11. The first-order valence-corrected chi connectivity index (χ1v) is 6.62. The van der Waals surface area contributed by atoms with Crippen molar-refractivity contribution in [3.8, 4) is 5.75 Å². The predicted octanol–water partition coefficient (Wildman–Crippen LogP) is 2.48. The number of rotatable bonds is 4. The highest BCUT2D eigenvalue weighted by Crippen LogP contribution is 2.16. The highest BCUT2D eigenvalue weighted by Gasteiger charge is 2.12. The van der Waals surface area contributed by atoms with Crippen LogP contribution in [-0.2, 0) is 13.0 Å². The van der Waals surface area contributed by atoms with Gasteiger partial charge in [-0.15, -0.1) is 11.3 Å². The third kappa shape index (κ3) is 3.29. The van der Waals surface area contributed by atoms with Crippen LogP contribution in [0.25, 0.3) is 0 Å². The van der Waals surface area contributed by atoms with E-state index in [1.807, 2.05) is 6.92 Å². The SMILES string of the molecule is CCc1cnc(CNC(=O)c2ccc(O)cc2F)s1. The fraction of sp³-hybridized carbons (Fsp3) is 0.231. The number of benzene rings is 1. The number of carbonyl (C=O) groups excluding carboxylic acids is 1. The maximum Gasteiger partial charge on any atom is 0.254 e. The van der Waals surface area contributed by atoms with Crippen LogP contribution >= 0.6 is 11.3 Å². The number of nitrogens with one attached hydrogen (secondary N) is 1. The number of hydrogen-bond acceptors (Lipinski definition) is 4. The van der Waals surface area contributed by atoms with Crippen molar-refractivity contribution >= 4 is 17.2 Å². The lowest BCUT2D eigenvalue weighted by Crippen LogP contribution is -2.23. The first kappa shape index (κ1) is 13.5. The summed E-state index contributed by atoms with van der Waals surface area (Å²) in [5, 5.41) is 12.5. The smallest absolute Gasteiger partial charge is 0.254 e. The van der Waals surface area contributed by atoms with Crippen LogP contribution < -0.4 is 5.32 Å². The molecule has 0 aliphatic rings. The number of phenols is 1. The Morgan fingerprint density at radius 2 is 2.32 bits per heavy atom. The summed E-state index contributed by atoms with van der Waals surface area (Å²) in [6, 6.07) is 3.43. The van der Waals surface area contributed by atoms with Crippen LogP contribution in [0.4, 0.5) is 4.39 Å². The Bertz CT molecular complexity index is 598. The van der Waals surface area contributed by atoms with Gasteiger partial charge in [-0.3, -0.25) is 4.79 Å². The molecule has 0 aliphatic carbocycles. The van der Waals surface area contributed by atoms with Crippen LogP contribution in [-0.4, -0.2) is 16.0 Å². The summed E-state index contributed by atoms with van der Waals surface area (Å²) >= 11 is 1.52. The number of amides is 1. The molecule has 2 N–H and O–H groups in total. The van der Waals surface area contributed by atoms with Crippen molar-refractivity contribution in [2.75, 3.05) is 0 Å². The molecule has 4 nitrogen and oxygen atoms in total.